The van der Waals surface area contributed by atoms with E-state index in [2.05, 4.69) is 23.3 Å². The third-order valence-corrected chi connectivity index (χ3v) is 3.17. The Balaban J connectivity index is 1.85. The van der Waals surface area contributed by atoms with Gasteiger partial charge in [0.15, 0.2) is 0 Å². The maximum atomic E-state index is 5.59. The average molecular weight is 213 g/mol. The van der Waals surface area contributed by atoms with Crippen LogP contribution >= 0.6 is 0 Å². The topological polar surface area (TPSA) is 43.8 Å². The molecule has 1 heterocycles. The van der Waals surface area contributed by atoms with Gasteiger partial charge in [-0.3, -0.25) is 4.68 Å². The summed E-state index contributed by atoms with van der Waals surface area (Å²) >= 11 is 0. The van der Waals surface area contributed by atoms with E-state index >= 15 is 0 Å². The van der Waals surface area contributed by atoms with Crippen molar-refractivity contribution in [3.8, 4) is 0 Å². The molecular formula is C13H15N3. The first-order valence-electron chi connectivity index (χ1n) is 5.71. The molecule has 3 rings (SSSR count). The molecule has 0 saturated carbocycles. The fourth-order valence-corrected chi connectivity index (χ4v) is 2.38. The maximum Gasteiger partial charge on any atom is 0.145 e. The van der Waals surface area contributed by atoms with Gasteiger partial charge in [0.05, 0.1) is 6.54 Å². The molecule has 0 aliphatic heterocycles. The van der Waals surface area contributed by atoms with Gasteiger partial charge in [0.1, 0.15) is 5.82 Å². The normalized spacial score (nSPS) is 14.0. The van der Waals surface area contributed by atoms with Crippen molar-refractivity contribution < 1.29 is 0 Å². The molecule has 16 heavy (non-hydrogen) atoms. The first kappa shape index (κ1) is 9.46. The largest absolute Gasteiger partial charge is 0.382 e. The van der Waals surface area contributed by atoms with Gasteiger partial charge >= 0.3 is 0 Å². The van der Waals surface area contributed by atoms with Crippen LogP contribution in [0.3, 0.4) is 0 Å². The number of nitrogens with zero attached hydrogens (tertiary/aromatic N) is 2. The van der Waals surface area contributed by atoms with E-state index in [0.29, 0.717) is 5.82 Å². The zero-order valence-corrected chi connectivity index (χ0v) is 9.19. The molecule has 3 heteroatoms. The van der Waals surface area contributed by atoms with E-state index in [4.69, 9.17) is 5.73 Å². The standard InChI is InChI=1S/C13H15N3/c14-13-6-7-16(15-13)9-10-4-5-11-2-1-3-12(11)8-10/h4-8H,1-3,9H2,(H2,14,15). The lowest BCUT2D eigenvalue weighted by molar-refractivity contribution is 0.689. The summed E-state index contributed by atoms with van der Waals surface area (Å²) in [6.07, 6.45) is 5.69. The Kier molecular flexibility index (Phi) is 2.17. The molecule has 1 aromatic heterocycles. The summed E-state index contributed by atoms with van der Waals surface area (Å²) in [5.41, 5.74) is 9.93. The minimum atomic E-state index is 0.584. The van der Waals surface area contributed by atoms with Crippen molar-refractivity contribution >= 4 is 5.82 Å². The van der Waals surface area contributed by atoms with E-state index in [1.165, 1.54) is 36.0 Å². The number of nitrogens with two attached hydrogens (primary N) is 1. The van der Waals surface area contributed by atoms with Crippen LogP contribution in [0.5, 0.6) is 0 Å². The van der Waals surface area contributed by atoms with Crippen LogP contribution in [0.4, 0.5) is 5.82 Å². The Labute approximate surface area is 94.9 Å². The van der Waals surface area contributed by atoms with Gasteiger partial charge in [0.2, 0.25) is 0 Å². The van der Waals surface area contributed by atoms with Crippen molar-refractivity contribution in [3.63, 3.8) is 0 Å². The van der Waals surface area contributed by atoms with Crippen LogP contribution < -0.4 is 5.73 Å². The van der Waals surface area contributed by atoms with Gasteiger partial charge in [0, 0.05) is 6.20 Å². The third-order valence-electron chi connectivity index (χ3n) is 3.17. The number of benzene rings is 1. The predicted molar refractivity (Wildman–Crippen MR) is 64.2 cm³/mol. The molecule has 0 amide bonds. The molecule has 0 fully saturated rings. The third kappa shape index (κ3) is 1.69. The highest BCUT2D eigenvalue weighted by Crippen LogP contribution is 2.23. The number of fused-ring (bicyclic) bond motifs is 1. The van der Waals surface area contributed by atoms with Crippen LogP contribution in [0.25, 0.3) is 0 Å². The van der Waals surface area contributed by atoms with Gasteiger partial charge in [-0.15, -0.1) is 0 Å². The molecule has 0 radical (unpaired) electrons. The van der Waals surface area contributed by atoms with Crippen molar-refractivity contribution in [2.45, 2.75) is 25.8 Å². The Morgan fingerprint density at radius 2 is 2.06 bits per heavy atom. The molecule has 1 aliphatic rings. The first-order chi connectivity index (χ1) is 7.81. The fourth-order valence-electron chi connectivity index (χ4n) is 2.38. The van der Waals surface area contributed by atoms with Gasteiger partial charge in [-0.05, 0) is 42.0 Å². The second-order valence-electron chi connectivity index (χ2n) is 4.39. The van der Waals surface area contributed by atoms with Crippen molar-refractivity contribution in [1.29, 1.82) is 0 Å². The number of hydrogen-bond acceptors (Lipinski definition) is 2. The molecule has 0 unspecified atom stereocenters. The number of anilines is 1. The lowest BCUT2D eigenvalue weighted by Gasteiger charge is -2.05. The Morgan fingerprint density at radius 1 is 1.19 bits per heavy atom. The first-order valence-corrected chi connectivity index (χ1v) is 5.71. The minimum Gasteiger partial charge on any atom is -0.382 e. The van der Waals surface area contributed by atoms with Crippen molar-refractivity contribution in [3.05, 3.63) is 47.2 Å². The lowest BCUT2D eigenvalue weighted by Crippen LogP contribution is -2.01. The highest BCUT2D eigenvalue weighted by Gasteiger charge is 2.10. The second kappa shape index (κ2) is 3.67. The van der Waals surface area contributed by atoms with E-state index in [1.807, 2.05) is 16.9 Å². The van der Waals surface area contributed by atoms with Crippen LogP contribution in [0.2, 0.25) is 0 Å². The molecule has 82 valence electrons. The van der Waals surface area contributed by atoms with Gasteiger partial charge in [-0.1, -0.05) is 18.2 Å². The molecule has 0 spiro atoms. The number of aromatic nitrogens is 2. The molecule has 3 nitrogen and oxygen atoms in total. The monoisotopic (exact) mass is 213 g/mol. The van der Waals surface area contributed by atoms with Crippen LogP contribution in [0, 0.1) is 0 Å². The van der Waals surface area contributed by atoms with Gasteiger partial charge < -0.3 is 5.73 Å². The molecule has 1 aromatic carbocycles. The Bertz CT molecular complexity index is 514. The SMILES string of the molecule is Nc1ccn(Cc2ccc3c(c2)CCC3)n1. The maximum absolute atomic E-state index is 5.59. The lowest BCUT2D eigenvalue weighted by atomic mass is 10.1. The van der Waals surface area contributed by atoms with Gasteiger partial charge in [-0.25, -0.2) is 0 Å². The van der Waals surface area contributed by atoms with Crippen LogP contribution in [0.1, 0.15) is 23.1 Å². The number of aryl methyl sites for hydroxylation is 2. The Hall–Kier alpha value is -1.77. The smallest absolute Gasteiger partial charge is 0.145 e. The van der Waals surface area contributed by atoms with E-state index in [-0.39, 0.29) is 0 Å². The van der Waals surface area contributed by atoms with Crippen LogP contribution in [-0.4, -0.2) is 9.78 Å². The summed E-state index contributed by atoms with van der Waals surface area (Å²) in [5.74, 6) is 0.584. The minimum absolute atomic E-state index is 0.584. The van der Waals surface area contributed by atoms with Gasteiger partial charge in [0.25, 0.3) is 0 Å². The molecule has 0 atom stereocenters. The van der Waals surface area contributed by atoms with Crippen LogP contribution in [-0.2, 0) is 19.4 Å². The molecule has 1 aliphatic carbocycles. The van der Waals surface area contributed by atoms with Crippen molar-refractivity contribution in [2.75, 3.05) is 5.73 Å². The molecular weight excluding hydrogens is 198 g/mol. The summed E-state index contributed by atoms with van der Waals surface area (Å²) in [6.45, 7) is 0.810. The zero-order valence-electron chi connectivity index (χ0n) is 9.19. The molecule has 2 N–H and O–H groups in total. The van der Waals surface area contributed by atoms with Crippen molar-refractivity contribution in [2.24, 2.45) is 0 Å². The Morgan fingerprint density at radius 3 is 2.88 bits per heavy atom. The fraction of sp³-hybridized carbons (Fsp3) is 0.308. The predicted octanol–water partition coefficient (Wildman–Crippen LogP) is 2.00. The van der Waals surface area contributed by atoms with E-state index in [0.717, 1.165) is 6.54 Å². The highest BCUT2D eigenvalue weighted by molar-refractivity contribution is 5.35. The summed E-state index contributed by atoms with van der Waals surface area (Å²) in [6, 6.07) is 8.58. The summed E-state index contributed by atoms with van der Waals surface area (Å²) < 4.78 is 1.88. The quantitative estimate of drug-likeness (QED) is 0.829. The van der Waals surface area contributed by atoms with E-state index < -0.39 is 0 Å². The average Bonchev–Trinajstić information content (AvgIpc) is 2.87. The molecule has 0 saturated heterocycles. The van der Waals surface area contributed by atoms with E-state index in [1.54, 1.807) is 0 Å². The van der Waals surface area contributed by atoms with E-state index in [9.17, 15) is 0 Å². The van der Waals surface area contributed by atoms with Crippen molar-refractivity contribution in [1.82, 2.24) is 9.78 Å². The number of rotatable bonds is 2. The second-order valence-corrected chi connectivity index (χ2v) is 4.39. The van der Waals surface area contributed by atoms with Crippen LogP contribution in [0.15, 0.2) is 30.5 Å². The molecule has 2 aromatic rings. The number of nitrogen functional groups attached to an aromatic ring is 1. The molecule has 0 bridgehead atoms. The summed E-state index contributed by atoms with van der Waals surface area (Å²) in [5, 5.41) is 4.19. The highest BCUT2D eigenvalue weighted by atomic mass is 15.3. The summed E-state index contributed by atoms with van der Waals surface area (Å²) in [4.78, 5) is 0. The number of hydrogen-bond donors (Lipinski definition) is 1. The zero-order chi connectivity index (χ0) is 11.0. The van der Waals surface area contributed by atoms with Gasteiger partial charge in [-0.2, -0.15) is 5.10 Å². The summed E-state index contributed by atoms with van der Waals surface area (Å²) in [7, 11) is 0.